The molecule has 0 spiro atoms. The van der Waals surface area contributed by atoms with Crippen LogP contribution in [0.4, 0.5) is 8.78 Å². The Morgan fingerprint density at radius 2 is 2.00 bits per heavy atom. The fourth-order valence-corrected chi connectivity index (χ4v) is 1.50. The minimum atomic E-state index is -0.688. The highest BCUT2D eigenvalue weighted by atomic mass is 19.1. The van der Waals surface area contributed by atoms with Crippen LogP contribution in [0.15, 0.2) is 18.2 Å². The van der Waals surface area contributed by atoms with Gasteiger partial charge in [-0.15, -0.1) is 0 Å². The lowest BCUT2D eigenvalue weighted by molar-refractivity contribution is 0.281. The van der Waals surface area contributed by atoms with E-state index in [1.54, 1.807) is 0 Å². The molecule has 0 N–H and O–H groups in total. The maximum atomic E-state index is 13.2. The first-order valence-corrected chi connectivity index (χ1v) is 5.94. The van der Waals surface area contributed by atoms with Crippen molar-refractivity contribution in [2.75, 3.05) is 6.61 Å². The van der Waals surface area contributed by atoms with Gasteiger partial charge < -0.3 is 4.74 Å². The minimum Gasteiger partial charge on any atom is -0.491 e. The van der Waals surface area contributed by atoms with Gasteiger partial charge in [0.1, 0.15) is 5.82 Å². The van der Waals surface area contributed by atoms with Crippen LogP contribution < -0.4 is 4.74 Å². The van der Waals surface area contributed by atoms with Crippen molar-refractivity contribution in [3.8, 4) is 11.8 Å². The summed E-state index contributed by atoms with van der Waals surface area (Å²) >= 11 is 0. The van der Waals surface area contributed by atoms with E-state index in [0.717, 1.165) is 31.4 Å². The van der Waals surface area contributed by atoms with Crippen LogP contribution in [0.1, 0.15) is 33.1 Å². The zero-order chi connectivity index (χ0) is 13.6. The van der Waals surface area contributed by atoms with Gasteiger partial charge in [-0.1, -0.05) is 0 Å². The Labute approximate surface area is 106 Å². The fraction of sp³-hybridized carbons (Fsp3) is 0.500. The number of benzene rings is 1. The number of unbranched alkanes of at least 4 members (excludes halogenated alkanes) is 1. The summed E-state index contributed by atoms with van der Waals surface area (Å²) in [5.41, 5.74) is -0.332. The molecule has 0 aliphatic heterocycles. The van der Waals surface area contributed by atoms with Gasteiger partial charge >= 0.3 is 0 Å². The van der Waals surface area contributed by atoms with Crippen molar-refractivity contribution < 1.29 is 13.5 Å². The summed E-state index contributed by atoms with van der Waals surface area (Å²) in [6.07, 6.45) is 2.35. The van der Waals surface area contributed by atoms with E-state index in [1.807, 2.05) is 13.8 Å². The van der Waals surface area contributed by atoms with E-state index in [2.05, 4.69) is 6.07 Å². The zero-order valence-corrected chi connectivity index (χ0v) is 10.7. The van der Waals surface area contributed by atoms with Gasteiger partial charge in [0, 0.05) is 6.07 Å². The smallest absolute Gasteiger partial charge is 0.167 e. The van der Waals surface area contributed by atoms with Crippen LogP contribution in [-0.4, -0.2) is 6.61 Å². The Balaban J connectivity index is 2.29. The van der Waals surface area contributed by atoms with Gasteiger partial charge in [0.25, 0.3) is 0 Å². The molecule has 1 rings (SSSR count). The van der Waals surface area contributed by atoms with Crippen molar-refractivity contribution in [3.63, 3.8) is 0 Å². The average molecular weight is 253 g/mol. The Bertz CT molecular complexity index is 438. The highest BCUT2D eigenvalue weighted by molar-refractivity contribution is 5.24. The summed E-state index contributed by atoms with van der Waals surface area (Å²) in [5, 5.41) is 8.82. The average Bonchev–Trinajstić information content (AvgIpc) is 2.31. The van der Waals surface area contributed by atoms with Gasteiger partial charge in [0.2, 0.25) is 0 Å². The molecule has 2 nitrogen and oxygen atoms in total. The van der Waals surface area contributed by atoms with E-state index in [0.29, 0.717) is 6.61 Å². The lowest BCUT2D eigenvalue weighted by atomic mass is 9.89. The minimum absolute atomic E-state index is 0.0657. The summed E-state index contributed by atoms with van der Waals surface area (Å²) < 4.78 is 31.0. The summed E-state index contributed by atoms with van der Waals surface area (Å²) in [7, 11) is 0. The number of hydrogen-bond donors (Lipinski definition) is 0. The monoisotopic (exact) mass is 253 g/mol. The molecule has 0 bridgehead atoms. The summed E-state index contributed by atoms with van der Waals surface area (Å²) in [6, 6.07) is 5.47. The molecule has 0 aliphatic carbocycles. The molecule has 0 aromatic heterocycles. The predicted octanol–water partition coefficient (Wildman–Crippen LogP) is 4.06. The molecule has 1 aromatic carbocycles. The fourth-order valence-electron chi connectivity index (χ4n) is 1.50. The second-order valence-electron chi connectivity index (χ2n) is 4.88. The van der Waals surface area contributed by atoms with Gasteiger partial charge in [0.15, 0.2) is 11.6 Å². The molecule has 18 heavy (non-hydrogen) atoms. The SMILES string of the molecule is CC(C)(C#N)CCCCOc1ccc(F)cc1F. The quantitative estimate of drug-likeness (QED) is 0.716. The molecule has 0 atom stereocenters. The highest BCUT2D eigenvalue weighted by Gasteiger charge is 2.15. The first kappa shape index (κ1) is 14.4. The van der Waals surface area contributed by atoms with E-state index in [1.165, 1.54) is 6.07 Å². The highest BCUT2D eigenvalue weighted by Crippen LogP contribution is 2.22. The third-order valence-electron chi connectivity index (χ3n) is 2.65. The van der Waals surface area contributed by atoms with Crippen LogP contribution in [0.3, 0.4) is 0 Å². The molecule has 0 fully saturated rings. The van der Waals surface area contributed by atoms with Gasteiger partial charge in [-0.05, 0) is 45.2 Å². The first-order valence-electron chi connectivity index (χ1n) is 5.94. The third-order valence-corrected chi connectivity index (χ3v) is 2.65. The van der Waals surface area contributed by atoms with Gasteiger partial charge in [-0.3, -0.25) is 0 Å². The van der Waals surface area contributed by atoms with Gasteiger partial charge in [0.05, 0.1) is 18.1 Å². The van der Waals surface area contributed by atoms with Crippen LogP contribution in [0.5, 0.6) is 5.75 Å². The summed E-state index contributed by atoms with van der Waals surface area (Å²) in [6.45, 7) is 4.13. The second-order valence-corrected chi connectivity index (χ2v) is 4.88. The Morgan fingerprint density at radius 1 is 1.28 bits per heavy atom. The van der Waals surface area contributed by atoms with Crippen molar-refractivity contribution in [3.05, 3.63) is 29.8 Å². The Kier molecular flexibility index (Phi) is 5.08. The first-order chi connectivity index (χ1) is 8.44. The van der Waals surface area contributed by atoms with Crippen LogP contribution in [0, 0.1) is 28.4 Å². The Morgan fingerprint density at radius 3 is 2.61 bits per heavy atom. The Hall–Kier alpha value is -1.63. The molecular weight excluding hydrogens is 236 g/mol. The van der Waals surface area contributed by atoms with Crippen molar-refractivity contribution >= 4 is 0 Å². The van der Waals surface area contributed by atoms with Crippen LogP contribution in [0.25, 0.3) is 0 Å². The van der Waals surface area contributed by atoms with Crippen molar-refractivity contribution in [2.24, 2.45) is 5.41 Å². The number of halogens is 2. The normalized spacial score (nSPS) is 11.1. The lowest BCUT2D eigenvalue weighted by Crippen LogP contribution is -2.08. The number of hydrogen-bond acceptors (Lipinski definition) is 2. The molecule has 98 valence electrons. The molecule has 0 radical (unpaired) electrons. The number of nitriles is 1. The van der Waals surface area contributed by atoms with Crippen LogP contribution >= 0.6 is 0 Å². The van der Waals surface area contributed by atoms with Crippen LogP contribution in [0.2, 0.25) is 0 Å². The molecule has 0 heterocycles. The largest absolute Gasteiger partial charge is 0.491 e. The van der Waals surface area contributed by atoms with Crippen LogP contribution in [-0.2, 0) is 0 Å². The summed E-state index contributed by atoms with van der Waals surface area (Å²) in [5.74, 6) is -1.24. The van der Waals surface area contributed by atoms with Crippen molar-refractivity contribution in [1.82, 2.24) is 0 Å². The van der Waals surface area contributed by atoms with Crippen molar-refractivity contribution in [2.45, 2.75) is 33.1 Å². The molecule has 0 saturated heterocycles. The van der Waals surface area contributed by atoms with E-state index in [4.69, 9.17) is 10.00 Å². The molecule has 1 aromatic rings. The maximum absolute atomic E-state index is 13.2. The second kappa shape index (κ2) is 6.34. The molecule has 4 heteroatoms. The molecular formula is C14H17F2NO. The number of ether oxygens (including phenoxy) is 1. The van der Waals surface area contributed by atoms with Gasteiger partial charge in [-0.25, -0.2) is 8.78 Å². The van der Waals surface area contributed by atoms with E-state index < -0.39 is 11.6 Å². The molecule has 0 unspecified atom stereocenters. The number of nitrogens with zero attached hydrogens (tertiary/aromatic N) is 1. The van der Waals surface area contributed by atoms with Gasteiger partial charge in [-0.2, -0.15) is 5.26 Å². The molecule has 0 aliphatic rings. The topological polar surface area (TPSA) is 33.0 Å². The third kappa shape index (κ3) is 4.70. The lowest BCUT2D eigenvalue weighted by Gasteiger charge is -2.14. The predicted molar refractivity (Wildman–Crippen MR) is 65.1 cm³/mol. The van der Waals surface area contributed by atoms with Crippen molar-refractivity contribution in [1.29, 1.82) is 5.26 Å². The van der Waals surface area contributed by atoms with E-state index in [9.17, 15) is 8.78 Å². The zero-order valence-electron chi connectivity index (χ0n) is 10.7. The van der Waals surface area contributed by atoms with E-state index >= 15 is 0 Å². The standard InChI is InChI=1S/C14H17F2NO/c1-14(2,10-17)7-3-4-8-18-13-6-5-11(15)9-12(13)16/h5-6,9H,3-4,7-8H2,1-2H3. The summed E-state index contributed by atoms with van der Waals surface area (Å²) in [4.78, 5) is 0. The molecule has 0 saturated carbocycles. The van der Waals surface area contributed by atoms with E-state index in [-0.39, 0.29) is 11.2 Å². The molecule has 0 amide bonds. The number of rotatable bonds is 6. The maximum Gasteiger partial charge on any atom is 0.167 e.